The largest absolute Gasteiger partial charge is 0.495 e. The van der Waals surface area contributed by atoms with Gasteiger partial charge in [0.1, 0.15) is 11.6 Å². The van der Waals surface area contributed by atoms with Crippen molar-refractivity contribution in [3.63, 3.8) is 0 Å². The molecular formula is C11H15N3O3. The molecule has 6 nitrogen and oxygen atoms in total. The minimum Gasteiger partial charge on any atom is -0.495 e. The molecule has 17 heavy (non-hydrogen) atoms. The van der Waals surface area contributed by atoms with Gasteiger partial charge in [-0.3, -0.25) is 4.79 Å². The van der Waals surface area contributed by atoms with Crippen molar-refractivity contribution in [2.24, 2.45) is 10.9 Å². The summed E-state index contributed by atoms with van der Waals surface area (Å²) in [5.74, 6) is 0.0433. The molecule has 0 atom stereocenters. The highest BCUT2D eigenvalue weighted by molar-refractivity contribution is 6.05. The molecule has 0 saturated carbocycles. The van der Waals surface area contributed by atoms with Gasteiger partial charge in [-0.2, -0.15) is 0 Å². The Morgan fingerprint density at radius 2 is 2.29 bits per heavy atom. The van der Waals surface area contributed by atoms with Crippen LogP contribution in [0, 0.1) is 6.92 Å². The lowest BCUT2D eigenvalue weighted by Gasteiger charge is -2.10. The fourth-order valence-corrected chi connectivity index (χ4v) is 1.31. The van der Waals surface area contributed by atoms with Crippen molar-refractivity contribution in [2.45, 2.75) is 13.3 Å². The van der Waals surface area contributed by atoms with Crippen LogP contribution < -0.4 is 15.8 Å². The number of carbonyl (C=O) groups is 1. The van der Waals surface area contributed by atoms with E-state index >= 15 is 0 Å². The molecule has 0 unspecified atom stereocenters. The minimum atomic E-state index is -0.371. The van der Waals surface area contributed by atoms with E-state index in [1.54, 1.807) is 12.1 Å². The highest BCUT2D eigenvalue weighted by Gasteiger charge is 2.09. The maximum Gasteiger partial charge on any atom is 0.232 e. The Hall–Kier alpha value is -2.24. The topological polar surface area (TPSA) is 96.9 Å². The zero-order chi connectivity index (χ0) is 12.8. The average Bonchev–Trinajstić information content (AvgIpc) is 2.29. The number of ether oxygens (including phenoxy) is 1. The van der Waals surface area contributed by atoms with Crippen LogP contribution in [0.2, 0.25) is 0 Å². The molecule has 6 heteroatoms. The van der Waals surface area contributed by atoms with E-state index in [0.29, 0.717) is 11.4 Å². The van der Waals surface area contributed by atoms with Crippen molar-refractivity contribution in [2.75, 3.05) is 12.4 Å². The molecule has 0 aromatic heterocycles. The molecule has 1 amide bonds. The number of nitrogens with one attached hydrogen (secondary N) is 1. The number of aryl methyl sites for hydroxylation is 1. The summed E-state index contributed by atoms with van der Waals surface area (Å²) in [7, 11) is 1.52. The number of hydrogen-bond donors (Lipinski definition) is 3. The minimum absolute atomic E-state index is 0.144. The van der Waals surface area contributed by atoms with E-state index in [2.05, 4.69) is 10.5 Å². The first-order valence-electron chi connectivity index (χ1n) is 4.97. The second-order valence-electron chi connectivity index (χ2n) is 3.52. The van der Waals surface area contributed by atoms with Gasteiger partial charge in [-0.15, -0.1) is 0 Å². The monoisotopic (exact) mass is 237 g/mol. The van der Waals surface area contributed by atoms with Crippen LogP contribution in [0.3, 0.4) is 0 Å². The van der Waals surface area contributed by atoms with Gasteiger partial charge in [0.05, 0.1) is 19.2 Å². The van der Waals surface area contributed by atoms with Crippen LogP contribution in [0.5, 0.6) is 5.75 Å². The number of carbonyl (C=O) groups excluding carboxylic acids is 1. The number of methoxy groups -OCH3 is 1. The first-order valence-corrected chi connectivity index (χ1v) is 4.97. The number of hydrogen-bond acceptors (Lipinski definition) is 4. The van der Waals surface area contributed by atoms with E-state index in [1.807, 2.05) is 13.0 Å². The fraction of sp³-hybridized carbons (Fsp3) is 0.273. The van der Waals surface area contributed by atoms with Crippen molar-refractivity contribution < 1.29 is 14.7 Å². The number of oxime groups is 1. The molecule has 0 heterocycles. The summed E-state index contributed by atoms with van der Waals surface area (Å²) in [6.07, 6.45) is -0.173. The molecule has 1 rings (SSSR count). The van der Waals surface area contributed by atoms with Crippen LogP contribution in [0.25, 0.3) is 0 Å². The van der Waals surface area contributed by atoms with Gasteiger partial charge in [-0.25, -0.2) is 0 Å². The Labute approximate surface area is 99.1 Å². The second-order valence-corrected chi connectivity index (χ2v) is 3.52. The number of amidine groups is 1. The Kier molecular flexibility index (Phi) is 4.33. The molecule has 0 saturated heterocycles. The van der Waals surface area contributed by atoms with E-state index in [9.17, 15) is 4.79 Å². The zero-order valence-corrected chi connectivity index (χ0v) is 9.73. The van der Waals surface area contributed by atoms with Crippen LogP contribution in [-0.4, -0.2) is 24.1 Å². The Morgan fingerprint density at radius 1 is 1.59 bits per heavy atom. The van der Waals surface area contributed by atoms with Crippen LogP contribution in [0.4, 0.5) is 5.69 Å². The van der Waals surface area contributed by atoms with Gasteiger partial charge >= 0.3 is 0 Å². The average molecular weight is 237 g/mol. The normalized spacial score (nSPS) is 11.1. The van der Waals surface area contributed by atoms with Gasteiger partial charge < -0.3 is 21.0 Å². The Balaban J connectivity index is 2.80. The second kappa shape index (κ2) is 5.74. The molecule has 0 aliphatic heterocycles. The quantitative estimate of drug-likeness (QED) is 0.316. The number of anilines is 1. The third kappa shape index (κ3) is 3.67. The first-order chi connectivity index (χ1) is 8.06. The summed E-state index contributed by atoms with van der Waals surface area (Å²) < 4.78 is 5.11. The van der Waals surface area contributed by atoms with Gasteiger partial charge in [0.25, 0.3) is 0 Å². The van der Waals surface area contributed by atoms with Crippen LogP contribution in [0.15, 0.2) is 23.4 Å². The first kappa shape index (κ1) is 12.8. The van der Waals surface area contributed by atoms with Crippen molar-refractivity contribution >= 4 is 17.4 Å². The van der Waals surface area contributed by atoms with Crippen molar-refractivity contribution in [1.82, 2.24) is 0 Å². The van der Waals surface area contributed by atoms with E-state index < -0.39 is 0 Å². The van der Waals surface area contributed by atoms with Gasteiger partial charge in [-0.05, 0) is 24.6 Å². The predicted octanol–water partition coefficient (Wildman–Crippen LogP) is 1.08. The standard InChI is InChI=1S/C11H15N3O3/c1-7-3-4-9(17-2)8(5-7)13-11(15)6-10(12)14-16/h3-5,16H,6H2,1-2H3,(H2,12,14)(H,13,15). The summed E-state index contributed by atoms with van der Waals surface area (Å²) in [6.45, 7) is 1.90. The molecule has 0 spiro atoms. The predicted molar refractivity (Wildman–Crippen MR) is 64.4 cm³/mol. The van der Waals surface area contributed by atoms with Crippen molar-refractivity contribution in [3.05, 3.63) is 23.8 Å². The van der Waals surface area contributed by atoms with Gasteiger partial charge in [0.15, 0.2) is 0 Å². The third-order valence-corrected chi connectivity index (χ3v) is 2.10. The zero-order valence-electron chi connectivity index (χ0n) is 9.73. The molecule has 92 valence electrons. The molecule has 0 bridgehead atoms. The highest BCUT2D eigenvalue weighted by atomic mass is 16.5. The number of nitrogens with two attached hydrogens (primary N) is 1. The molecule has 0 aliphatic rings. The number of amides is 1. The highest BCUT2D eigenvalue weighted by Crippen LogP contribution is 2.25. The molecular weight excluding hydrogens is 222 g/mol. The van der Waals surface area contributed by atoms with E-state index in [0.717, 1.165) is 5.56 Å². The lowest BCUT2D eigenvalue weighted by atomic mass is 10.2. The molecule has 4 N–H and O–H groups in total. The van der Waals surface area contributed by atoms with E-state index in [4.69, 9.17) is 15.7 Å². The Morgan fingerprint density at radius 3 is 2.88 bits per heavy atom. The van der Waals surface area contributed by atoms with Crippen molar-refractivity contribution in [3.8, 4) is 5.75 Å². The molecule has 0 fully saturated rings. The number of nitrogens with zero attached hydrogens (tertiary/aromatic N) is 1. The van der Waals surface area contributed by atoms with Crippen LogP contribution >= 0.6 is 0 Å². The maximum atomic E-state index is 11.5. The smallest absolute Gasteiger partial charge is 0.232 e. The summed E-state index contributed by atoms with van der Waals surface area (Å²) in [5, 5.41) is 13.7. The van der Waals surface area contributed by atoms with Crippen LogP contribution in [-0.2, 0) is 4.79 Å². The SMILES string of the molecule is COc1ccc(C)cc1NC(=O)C/C(N)=N/O. The van der Waals surface area contributed by atoms with Crippen molar-refractivity contribution in [1.29, 1.82) is 0 Å². The van der Waals surface area contributed by atoms with E-state index in [-0.39, 0.29) is 18.2 Å². The molecule has 0 radical (unpaired) electrons. The van der Waals surface area contributed by atoms with Gasteiger partial charge in [0.2, 0.25) is 5.91 Å². The lowest BCUT2D eigenvalue weighted by molar-refractivity contribution is -0.115. The number of benzene rings is 1. The summed E-state index contributed by atoms with van der Waals surface area (Å²) >= 11 is 0. The number of rotatable bonds is 4. The molecule has 1 aromatic carbocycles. The van der Waals surface area contributed by atoms with Gasteiger partial charge in [0, 0.05) is 0 Å². The molecule has 1 aromatic rings. The summed E-state index contributed by atoms with van der Waals surface area (Å²) in [6, 6.07) is 5.41. The Bertz CT molecular complexity index is 444. The summed E-state index contributed by atoms with van der Waals surface area (Å²) in [5.41, 5.74) is 6.79. The van der Waals surface area contributed by atoms with Crippen LogP contribution in [0.1, 0.15) is 12.0 Å². The fourth-order valence-electron chi connectivity index (χ4n) is 1.31. The van der Waals surface area contributed by atoms with Gasteiger partial charge in [-0.1, -0.05) is 11.2 Å². The lowest BCUT2D eigenvalue weighted by Crippen LogP contribution is -2.22. The molecule has 0 aliphatic carbocycles. The summed E-state index contributed by atoms with van der Waals surface area (Å²) in [4.78, 5) is 11.5. The maximum absolute atomic E-state index is 11.5. The third-order valence-electron chi connectivity index (χ3n) is 2.10. The van der Waals surface area contributed by atoms with E-state index in [1.165, 1.54) is 7.11 Å².